The highest BCUT2D eigenvalue weighted by Crippen LogP contribution is 2.27. The molecule has 2 aliphatic heterocycles. The third-order valence-electron chi connectivity index (χ3n) is 3.23. The van der Waals surface area contributed by atoms with Gasteiger partial charge >= 0.3 is 5.97 Å². The minimum absolute atomic E-state index is 0.0556. The summed E-state index contributed by atoms with van der Waals surface area (Å²) in [6.07, 6.45) is 2.77. The Hall–Kier alpha value is -0.900. The molecule has 2 unspecified atom stereocenters. The van der Waals surface area contributed by atoms with Crippen LogP contribution in [-0.4, -0.2) is 42.9 Å². The molecule has 0 N–H and O–H groups in total. The minimum atomic E-state index is -0.533. The number of carbonyl (C=O) groups excluding carboxylic acids is 2. The van der Waals surface area contributed by atoms with E-state index in [1.54, 1.807) is 0 Å². The van der Waals surface area contributed by atoms with Crippen LogP contribution in [0.25, 0.3) is 0 Å². The highest BCUT2D eigenvalue weighted by molar-refractivity contribution is 6.00. The molecule has 0 amide bonds. The maximum absolute atomic E-state index is 11.6. The molecule has 0 spiro atoms. The lowest BCUT2D eigenvalue weighted by Crippen LogP contribution is -2.47. The number of nitrogens with zero attached hydrogens (tertiary/aromatic N) is 1. The Morgan fingerprint density at radius 2 is 2.36 bits per heavy atom. The first-order valence-electron chi connectivity index (χ1n) is 5.07. The second kappa shape index (κ2) is 3.69. The molecule has 4 heteroatoms. The number of methoxy groups -OCH3 is 1. The number of esters is 1. The van der Waals surface area contributed by atoms with Crippen molar-refractivity contribution in [3.63, 3.8) is 0 Å². The highest BCUT2D eigenvalue weighted by atomic mass is 16.5. The summed E-state index contributed by atoms with van der Waals surface area (Å²) in [5, 5.41) is 0. The normalized spacial score (nSPS) is 32.8. The van der Waals surface area contributed by atoms with E-state index in [9.17, 15) is 9.59 Å². The van der Waals surface area contributed by atoms with Crippen molar-refractivity contribution in [2.24, 2.45) is 5.92 Å². The van der Waals surface area contributed by atoms with Crippen molar-refractivity contribution in [1.82, 2.24) is 4.90 Å². The molecular formula is C10H15NO3. The van der Waals surface area contributed by atoms with Crippen LogP contribution >= 0.6 is 0 Å². The fourth-order valence-electron chi connectivity index (χ4n) is 2.43. The van der Waals surface area contributed by atoms with E-state index in [1.807, 2.05) is 0 Å². The minimum Gasteiger partial charge on any atom is -0.468 e. The smallest absolute Gasteiger partial charge is 0.317 e. The van der Waals surface area contributed by atoms with Gasteiger partial charge in [0, 0.05) is 19.0 Å². The van der Waals surface area contributed by atoms with E-state index in [2.05, 4.69) is 9.64 Å². The van der Waals surface area contributed by atoms with Gasteiger partial charge in [0.15, 0.2) is 0 Å². The van der Waals surface area contributed by atoms with Crippen LogP contribution in [-0.2, 0) is 14.3 Å². The van der Waals surface area contributed by atoms with Crippen molar-refractivity contribution in [1.29, 1.82) is 0 Å². The summed E-state index contributed by atoms with van der Waals surface area (Å²) in [4.78, 5) is 25.1. The molecule has 2 aliphatic rings. The molecule has 2 saturated heterocycles. The molecule has 0 aliphatic carbocycles. The van der Waals surface area contributed by atoms with Gasteiger partial charge in [-0.05, 0) is 19.4 Å². The van der Waals surface area contributed by atoms with E-state index in [0.717, 1.165) is 19.4 Å². The van der Waals surface area contributed by atoms with Gasteiger partial charge in [0.05, 0.1) is 7.11 Å². The summed E-state index contributed by atoms with van der Waals surface area (Å²) >= 11 is 0. The molecule has 0 bridgehead atoms. The van der Waals surface area contributed by atoms with Crippen molar-refractivity contribution in [2.45, 2.75) is 25.3 Å². The first kappa shape index (κ1) is 9.65. The van der Waals surface area contributed by atoms with Crippen molar-refractivity contribution in [2.75, 3.05) is 20.2 Å². The molecule has 2 heterocycles. The fraction of sp³-hybridized carbons (Fsp3) is 0.800. The molecule has 14 heavy (non-hydrogen) atoms. The largest absolute Gasteiger partial charge is 0.468 e. The summed E-state index contributed by atoms with van der Waals surface area (Å²) in [7, 11) is 1.34. The number of fused-ring (bicyclic) bond motifs is 1. The highest BCUT2D eigenvalue weighted by Gasteiger charge is 2.40. The maximum atomic E-state index is 11.6. The number of carbonyl (C=O) groups is 2. The number of piperidine rings is 1. The van der Waals surface area contributed by atoms with Gasteiger partial charge in [-0.3, -0.25) is 14.5 Å². The molecular weight excluding hydrogens is 182 g/mol. The Balaban J connectivity index is 2.06. The lowest BCUT2D eigenvalue weighted by molar-refractivity contribution is -0.152. The predicted octanol–water partition coefficient (Wildman–Crippen LogP) is 0.213. The Kier molecular flexibility index (Phi) is 2.54. The van der Waals surface area contributed by atoms with Gasteiger partial charge in [0.25, 0.3) is 0 Å². The van der Waals surface area contributed by atoms with Crippen LogP contribution in [0.2, 0.25) is 0 Å². The second-order valence-corrected chi connectivity index (χ2v) is 4.04. The molecule has 0 saturated carbocycles. The topological polar surface area (TPSA) is 46.6 Å². The van der Waals surface area contributed by atoms with Gasteiger partial charge in [0.2, 0.25) is 0 Å². The molecule has 2 fully saturated rings. The number of rotatable bonds is 1. The summed E-state index contributed by atoms with van der Waals surface area (Å²) in [6, 6.07) is 0.392. The lowest BCUT2D eigenvalue weighted by Gasteiger charge is -2.32. The third-order valence-corrected chi connectivity index (χ3v) is 3.23. The van der Waals surface area contributed by atoms with Gasteiger partial charge in [-0.1, -0.05) is 0 Å². The van der Waals surface area contributed by atoms with Crippen LogP contribution in [0.4, 0.5) is 0 Å². The molecule has 4 nitrogen and oxygen atoms in total. The van der Waals surface area contributed by atoms with E-state index < -0.39 is 5.92 Å². The third kappa shape index (κ3) is 1.54. The van der Waals surface area contributed by atoms with Gasteiger partial charge < -0.3 is 4.74 Å². The van der Waals surface area contributed by atoms with Crippen LogP contribution < -0.4 is 0 Å². The van der Waals surface area contributed by atoms with Gasteiger partial charge in [-0.2, -0.15) is 0 Å². The summed E-state index contributed by atoms with van der Waals surface area (Å²) in [5.41, 5.74) is 0. The number of ketones is 1. The molecule has 0 aromatic carbocycles. The van der Waals surface area contributed by atoms with Crippen molar-refractivity contribution < 1.29 is 14.3 Å². The number of Topliss-reactive ketones (excluding diaryl/α,β-unsaturated/α-hetero) is 1. The molecule has 0 aromatic heterocycles. The lowest BCUT2D eigenvalue weighted by atomic mass is 9.92. The Bertz CT molecular complexity index is 264. The second-order valence-electron chi connectivity index (χ2n) is 4.04. The van der Waals surface area contributed by atoms with Crippen LogP contribution in [0.15, 0.2) is 0 Å². The fourth-order valence-corrected chi connectivity index (χ4v) is 2.43. The number of hydrogen-bond acceptors (Lipinski definition) is 4. The van der Waals surface area contributed by atoms with Crippen molar-refractivity contribution >= 4 is 11.8 Å². The van der Waals surface area contributed by atoms with Crippen LogP contribution in [0.5, 0.6) is 0 Å². The van der Waals surface area contributed by atoms with Crippen LogP contribution in [0, 0.1) is 5.92 Å². The number of ether oxygens (including phenoxy) is 1. The van der Waals surface area contributed by atoms with E-state index in [1.165, 1.54) is 7.11 Å². The maximum Gasteiger partial charge on any atom is 0.317 e. The summed E-state index contributed by atoms with van der Waals surface area (Å²) < 4.78 is 4.62. The Morgan fingerprint density at radius 1 is 1.57 bits per heavy atom. The van der Waals surface area contributed by atoms with Crippen molar-refractivity contribution in [3.05, 3.63) is 0 Å². The average molecular weight is 197 g/mol. The molecule has 0 aromatic rings. The molecule has 0 radical (unpaired) electrons. The SMILES string of the molecule is COC(=O)C1CN2CCCC2CC1=O. The zero-order valence-electron chi connectivity index (χ0n) is 8.36. The Morgan fingerprint density at radius 3 is 3.07 bits per heavy atom. The predicted molar refractivity (Wildman–Crippen MR) is 49.7 cm³/mol. The quantitative estimate of drug-likeness (QED) is 0.445. The molecule has 2 atom stereocenters. The van der Waals surface area contributed by atoms with Crippen LogP contribution in [0.1, 0.15) is 19.3 Å². The van der Waals surface area contributed by atoms with E-state index in [4.69, 9.17) is 0 Å². The first-order chi connectivity index (χ1) is 6.72. The standard InChI is InChI=1S/C10H15NO3/c1-14-10(13)8-6-11-4-2-3-7(11)5-9(8)12/h7-8H,2-6H2,1H3. The zero-order chi connectivity index (χ0) is 10.1. The monoisotopic (exact) mass is 197 g/mol. The van der Waals surface area contributed by atoms with E-state index in [-0.39, 0.29) is 11.8 Å². The molecule has 2 rings (SSSR count). The summed E-state index contributed by atoms with van der Waals surface area (Å²) in [5.74, 6) is -0.852. The van der Waals surface area contributed by atoms with Gasteiger partial charge in [-0.15, -0.1) is 0 Å². The summed E-state index contributed by atoms with van der Waals surface area (Å²) in [6.45, 7) is 1.58. The van der Waals surface area contributed by atoms with Gasteiger partial charge in [0.1, 0.15) is 11.7 Å². The Labute approximate surface area is 83.2 Å². The molecule has 78 valence electrons. The van der Waals surface area contributed by atoms with Crippen molar-refractivity contribution in [3.8, 4) is 0 Å². The average Bonchev–Trinajstić information content (AvgIpc) is 2.62. The van der Waals surface area contributed by atoms with E-state index >= 15 is 0 Å². The van der Waals surface area contributed by atoms with E-state index in [0.29, 0.717) is 19.0 Å². The van der Waals surface area contributed by atoms with Crippen LogP contribution in [0.3, 0.4) is 0 Å². The first-order valence-corrected chi connectivity index (χ1v) is 5.07. The number of hydrogen-bond donors (Lipinski definition) is 0. The zero-order valence-corrected chi connectivity index (χ0v) is 8.36. The van der Waals surface area contributed by atoms with Gasteiger partial charge in [-0.25, -0.2) is 0 Å².